The Morgan fingerprint density at radius 3 is 2.29 bits per heavy atom. The first-order valence-electron chi connectivity index (χ1n) is 14.5. The fourth-order valence-electron chi connectivity index (χ4n) is 5.50. The molecule has 0 unspecified atom stereocenters. The second-order valence-electron chi connectivity index (χ2n) is 10.6. The molecule has 7 heteroatoms. The fraction of sp³-hybridized carbons (Fsp3) is 0.257. The third-order valence-corrected chi connectivity index (χ3v) is 7.72. The number of benzene rings is 3. The van der Waals surface area contributed by atoms with Crippen LogP contribution in [0.25, 0.3) is 22.2 Å². The van der Waals surface area contributed by atoms with E-state index in [0.717, 1.165) is 29.4 Å². The smallest absolute Gasteiger partial charge is 0.174 e. The molecular formula is C35H34FN3O3. The Kier molecular flexibility index (Phi) is 8.28. The summed E-state index contributed by atoms with van der Waals surface area (Å²) in [6.45, 7) is 4.27. The van der Waals surface area contributed by atoms with Crippen molar-refractivity contribution < 1.29 is 18.7 Å². The summed E-state index contributed by atoms with van der Waals surface area (Å²) in [6.07, 6.45) is 3.38. The SMILES string of the molecule is CCC(=O)c1cnc(N(Cc2ccccc2)Cc2ccccc2)c2[nH]c(-c3cccc(OC4CCOCC4)c3F)cc12. The molecule has 0 aliphatic carbocycles. The lowest BCUT2D eigenvalue weighted by Gasteiger charge is -2.25. The van der Waals surface area contributed by atoms with Crippen LogP contribution in [0.5, 0.6) is 5.75 Å². The number of carbonyl (C=O) groups is 1. The summed E-state index contributed by atoms with van der Waals surface area (Å²) in [5.41, 5.74) is 4.44. The summed E-state index contributed by atoms with van der Waals surface area (Å²) in [5.74, 6) is 0.473. The predicted molar refractivity (Wildman–Crippen MR) is 163 cm³/mol. The highest BCUT2D eigenvalue weighted by Crippen LogP contribution is 2.36. The fourth-order valence-corrected chi connectivity index (χ4v) is 5.50. The molecule has 6 rings (SSSR count). The van der Waals surface area contributed by atoms with Crippen molar-refractivity contribution in [3.05, 3.63) is 114 Å². The van der Waals surface area contributed by atoms with Crippen molar-refractivity contribution in [3.8, 4) is 17.0 Å². The van der Waals surface area contributed by atoms with Crippen LogP contribution < -0.4 is 9.64 Å². The standard InChI is InChI=1S/C35H34FN3O3/c1-2-31(40)29-21-37-35(39(22-24-10-5-3-6-11-24)23-25-12-7-4-8-13-25)34-28(29)20-30(38-34)27-14-9-15-32(33(27)36)42-26-16-18-41-19-17-26/h3-15,20-21,26,38H,2,16-19,22-23H2,1H3. The minimum Gasteiger partial charge on any atom is -0.487 e. The van der Waals surface area contributed by atoms with E-state index >= 15 is 4.39 Å². The number of nitrogens with one attached hydrogen (secondary N) is 1. The van der Waals surface area contributed by atoms with E-state index in [1.54, 1.807) is 24.4 Å². The average molecular weight is 564 g/mol. The lowest BCUT2D eigenvalue weighted by molar-refractivity contribution is 0.0241. The first kappa shape index (κ1) is 27.7. The van der Waals surface area contributed by atoms with Crippen LogP contribution in [-0.2, 0) is 17.8 Å². The van der Waals surface area contributed by atoms with Crippen molar-refractivity contribution in [2.75, 3.05) is 18.1 Å². The van der Waals surface area contributed by atoms with Gasteiger partial charge in [-0.15, -0.1) is 0 Å². The summed E-state index contributed by atoms with van der Waals surface area (Å²) in [6, 6.07) is 27.5. The number of pyridine rings is 1. The van der Waals surface area contributed by atoms with Gasteiger partial charge in [0.15, 0.2) is 23.2 Å². The van der Waals surface area contributed by atoms with Gasteiger partial charge in [-0.1, -0.05) is 73.7 Å². The number of fused-ring (bicyclic) bond motifs is 1. The van der Waals surface area contributed by atoms with Gasteiger partial charge >= 0.3 is 0 Å². The molecule has 1 fully saturated rings. The number of Topliss-reactive ketones (excluding diaryl/α,β-unsaturated/α-hetero) is 1. The number of aromatic amines is 1. The van der Waals surface area contributed by atoms with Gasteiger partial charge in [-0.2, -0.15) is 0 Å². The predicted octanol–water partition coefficient (Wildman–Crippen LogP) is 7.73. The van der Waals surface area contributed by atoms with Gasteiger partial charge in [0.1, 0.15) is 6.10 Å². The number of carbonyl (C=O) groups excluding carboxylic acids is 1. The van der Waals surface area contributed by atoms with E-state index in [1.165, 1.54) is 0 Å². The molecule has 0 spiro atoms. The minimum atomic E-state index is -0.432. The third-order valence-electron chi connectivity index (χ3n) is 7.72. The zero-order valence-electron chi connectivity index (χ0n) is 23.7. The van der Waals surface area contributed by atoms with Gasteiger partial charge in [-0.3, -0.25) is 4.79 Å². The van der Waals surface area contributed by atoms with Crippen LogP contribution in [0.3, 0.4) is 0 Å². The average Bonchev–Trinajstić information content (AvgIpc) is 3.48. The first-order chi connectivity index (χ1) is 20.6. The molecule has 0 atom stereocenters. The molecule has 1 saturated heterocycles. The zero-order chi connectivity index (χ0) is 28.9. The van der Waals surface area contributed by atoms with Gasteiger partial charge in [0.25, 0.3) is 0 Å². The highest BCUT2D eigenvalue weighted by Gasteiger charge is 2.23. The summed E-state index contributed by atoms with van der Waals surface area (Å²) in [7, 11) is 0. The molecule has 3 aromatic carbocycles. The molecule has 0 saturated carbocycles. The maximum absolute atomic E-state index is 15.9. The van der Waals surface area contributed by atoms with Crippen LogP contribution in [0.2, 0.25) is 0 Å². The van der Waals surface area contributed by atoms with E-state index in [1.807, 2.05) is 49.4 Å². The monoisotopic (exact) mass is 563 g/mol. The quantitative estimate of drug-likeness (QED) is 0.176. The van der Waals surface area contributed by atoms with Crippen LogP contribution in [0, 0.1) is 5.82 Å². The Hall–Kier alpha value is -4.49. The highest BCUT2D eigenvalue weighted by molar-refractivity contribution is 6.10. The van der Waals surface area contributed by atoms with Crippen LogP contribution in [0.1, 0.15) is 47.7 Å². The van der Waals surface area contributed by atoms with E-state index in [9.17, 15) is 4.79 Å². The maximum atomic E-state index is 15.9. The lowest BCUT2D eigenvalue weighted by Crippen LogP contribution is -2.26. The van der Waals surface area contributed by atoms with Crippen molar-refractivity contribution in [2.24, 2.45) is 0 Å². The van der Waals surface area contributed by atoms with E-state index in [4.69, 9.17) is 14.5 Å². The number of rotatable bonds is 10. The summed E-state index contributed by atoms with van der Waals surface area (Å²) < 4.78 is 27.4. The van der Waals surface area contributed by atoms with E-state index in [-0.39, 0.29) is 17.6 Å². The molecule has 6 nitrogen and oxygen atoms in total. The van der Waals surface area contributed by atoms with E-state index < -0.39 is 5.82 Å². The maximum Gasteiger partial charge on any atom is 0.174 e. The zero-order valence-corrected chi connectivity index (χ0v) is 23.7. The van der Waals surface area contributed by atoms with Gasteiger partial charge in [0.05, 0.1) is 18.7 Å². The van der Waals surface area contributed by atoms with Gasteiger partial charge < -0.3 is 19.4 Å². The number of nitrogens with zero attached hydrogens (tertiary/aromatic N) is 2. The van der Waals surface area contributed by atoms with Crippen LogP contribution in [0.15, 0.2) is 91.1 Å². The third kappa shape index (κ3) is 5.92. The Morgan fingerprint density at radius 1 is 0.976 bits per heavy atom. The van der Waals surface area contributed by atoms with E-state index in [2.05, 4.69) is 34.1 Å². The van der Waals surface area contributed by atoms with Gasteiger partial charge in [-0.25, -0.2) is 9.37 Å². The first-order valence-corrected chi connectivity index (χ1v) is 14.5. The molecule has 5 aromatic rings. The van der Waals surface area contributed by atoms with Gasteiger partial charge in [0.2, 0.25) is 0 Å². The molecule has 1 aliphatic heterocycles. The van der Waals surface area contributed by atoms with Crippen molar-refractivity contribution in [1.82, 2.24) is 9.97 Å². The van der Waals surface area contributed by atoms with Gasteiger partial charge in [0, 0.05) is 60.8 Å². The molecule has 214 valence electrons. The Morgan fingerprint density at radius 2 is 1.64 bits per heavy atom. The van der Waals surface area contributed by atoms with Crippen LogP contribution >= 0.6 is 0 Å². The number of ether oxygens (including phenoxy) is 2. The summed E-state index contributed by atoms with van der Waals surface area (Å²) in [5, 5.41) is 0.725. The largest absolute Gasteiger partial charge is 0.487 e. The Labute approximate surface area is 245 Å². The molecule has 3 heterocycles. The molecule has 0 bridgehead atoms. The Bertz CT molecular complexity index is 1620. The topological polar surface area (TPSA) is 67.5 Å². The molecule has 1 aliphatic rings. The molecule has 42 heavy (non-hydrogen) atoms. The van der Waals surface area contributed by atoms with Gasteiger partial charge in [-0.05, 0) is 29.3 Å². The van der Waals surface area contributed by atoms with Crippen LogP contribution in [-0.4, -0.2) is 35.1 Å². The number of H-pyrrole nitrogens is 1. The Balaban J connectivity index is 1.45. The molecule has 0 amide bonds. The molecular weight excluding hydrogens is 529 g/mol. The second kappa shape index (κ2) is 12.6. The van der Waals surface area contributed by atoms with E-state index in [0.29, 0.717) is 60.9 Å². The number of ketones is 1. The second-order valence-corrected chi connectivity index (χ2v) is 10.6. The number of anilines is 1. The lowest BCUT2D eigenvalue weighted by atomic mass is 10.0. The number of halogens is 1. The number of hydrogen-bond acceptors (Lipinski definition) is 5. The normalized spacial score (nSPS) is 13.8. The van der Waals surface area contributed by atoms with Crippen molar-refractivity contribution in [3.63, 3.8) is 0 Å². The highest BCUT2D eigenvalue weighted by atomic mass is 19.1. The molecule has 2 aromatic heterocycles. The summed E-state index contributed by atoms with van der Waals surface area (Å²) in [4.78, 5) is 23.5. The van der Waals surface area contributed by atoms with Crippen molar-refractivity contribution >= 4 is 22.5 Å². The van der Waals surface area contributed by atoms with Crippen LogP contribution in [0.4, 0.5) is 10.2 Å². The number of hydrogen-bond donors (Lipinski definition) is 1. The number of aromatic nitrogens is 2. The van der Waals surface area contributed by atoms with Crippen molar-refractivity contribution in [1.29, 1.82) is 0 Å². The molecule has 0 radical (unpaired) electrons. The minimum absolute atomic E-state index is 0.0145. The summed E-state index contributed by atoms with van der Waals surface area (Å²) >= 11 is 0. The van der Waals surface area contributed by atoms with Crippen molar-refractivity contribution in [2.45, 2.75) is 45.4 Å². The molecule has 1 N–H and O–H groups in total.